The van der Waals surface area contributed by atoms with E-state index in [-0.39, 0.29) is 18.1 Å². The van der Waals surface area contributed by atoms with Crippen LogP contribution in [0.4, 0.5) is 0 Å². The van der Waals surface area contributed by atoms with E-state index in [2.05, 4.69) is 11.4 Å². The van der Waals surface area contributed by atoms with E-state index >= 15 is 0 Å². The van der Waals surface area contributed by atoms with Crippen molar-refractivity contribution in [2.24, 2.45) is 0 Å². The molecule has 0 spiro atoms. The van der Waals surface area contributed by atoms with Crippen molar-refractivity contribution in [2.75, 3.05) is 0 Å². The number of nitrogens with zero attached hydrogens (tertiary/aromatic N) is 1. The zero-order valence-corrected chi connectivity index (χ0v) is 11.1. The van der Waals surface area contributed by atoms with Crippen LogP contribution in [-0.2, 0) is 9.53 Å². The fourth-order valence-corrected chi connectivity index (χ4v) is 2.91. The molecule has 18 heavy (non-hydrogen) atoms. The Morgan fingerprint density at radius 1 is 1.28 bits per heavy atom. The summed E-state index contributed by atoms with van der Waals surface area (Å²) in [7, 11) is 0. The van der Waals surface area contributed by atoms with Gasteiger partial charge in [-0.05, 0) is 32.6 Å². The molecular formula is C14H22N2O2. The lowest BCUT2D eigenvalue weighted by atomic mass is 9.91. The average Bonchev–Trinajstić information content (AvgIpc) is 2.66. The summed E-state index contributed by atoms with van der Waals surface area (Å²) in [6.45, 7) is 1.99. The molecule has 1 heterocycles. The second-order valence-electron chi connectivity index (χ2n) is 5.61. The molecule has 0 bridgehead atoms. The number of amides is 1. The van der Waals surface area contributed by atoms with Gasteiger partial charge in [-0.3, -0.25) is 4.79 Å². The maximum absolute atomic E-state index is 12.1. The first-order chi connectivity index (χ1) is 8.65. The number of hydrogen-bond acceptors (Lipinski definition) is 3. The van der Waals surface area contributed by atoms with Crippen molar-refractivity contribution in [2.45, 2.75) is 76.0 Å². The molecule has 0 radical (unpaired) electrons. The molecule has 1 saturated heterocycles. The van der Waals surface area contributed by atoms with Gasteiger partial charge in [0.15, 0.2) is 0 Å². The molecule has 100 valence electrons. The second-order valence-corrected chi connectivity index (χ2v) is 5.61. The van der Waals surface area contributed by atoms with Crippen LogP contribution in [0.25, 0.3) is 0 Å². The van der Waals surface area contributed by atoms with Gasteiger partial charge in [-0.25, -0.2) is 0 Å². The standard InChI is InChI=1S/C14H22N2O2/c1-11-6-7-12(18-11)13(17)16-14(10-15)8-4-2-3-5-9-14/h11-12H,2-9H2,1H3,(H,16,17). The molecule has 4 nitrogen and oxygen atoms in total. The summed E-state index contributed by atoms with van der Waals surface area (Å²) < 4.78 is 5.56. The van der Waals surface area contributed by atoms with Gasteiger partial charge in [-0.2, -0.15) is 5.26 Å². The van der Waals surface area contributed by atoms with E-state index < -0.39 is 5.54 Å². The molecule has 0 aromatic rings. The molecule has 2 unspecified atom stereocenters. The predicted octanol–water partition coefficient (Wildman–Crippen LogP) is 2.29. The van der Waals surface area contributed by atoms with Crippen molar-refractivity contribution < 1.29 is 9.53 Å². The van der Waals surface area contributed by atoms with Gasteiger partial charge in [0.1, 0.15) is 11.6 Å². The molecule has 0 aromatic heterocycles. The topological polar surface area (TPSA) is 62.1 Å². The van der Waals surface area contributed by atoms with E-state index in [0.29, 0.717) is 0 Å². The highest BCUT2D eigenvalue weighted by Crippen LogP contribution is 2.28. The smallest absolute Gasteiger partial charge is 0.250 e. The zero-order chi connectivity index (χ0) is 13.0. The lowest BCUT2D eigenvalue weighted by Crippen LogP contribution is -2.50. The molecule has 2 fully saturated rings. The lowest BCUT2D eigenvalue weighted by Gasteiger charge is -2.27. The molecule has 2 rings (SSSR count). The van der Waals surface area contributed by atoms with Crippen molar-refractivity contribution in [3.63, 3.8) is 0 Å². The predicted molar refractivity (Wildman–Crippen MR) is 67.8 cm³/mol. The number of ether oxygens (including phenoxy) is 1. The molecule has 0 aromatic carbocycles. The minimum Gasteiger partial charge on any atom is -0.365 e. The van der Waals surface area contributed by atoms with E-state index in [1.807, 2.05) is 6.92 Å². The van der Waals surface area contributed by atoms with E-state index in [9.17, 15) is 10.1 Å². The number of nitrogens with one attached hydrogen (secondary N) is 1. The van der Waals surface area contributed by atoms with Gasteiger partial charge < -0.3 is 10.1 Å². The average molecular weight is 250 g/mol. The minimum atomic E-state index is -0.650. The Morgan fingerprint density at radius 3 is 2.44 bits per heavy atom. The Morgan fingerprint density at radius 2 is 1.94 bits per heavy atom. The van der Waals surface area contributed by atoms with Crippen LogP contribution >= 0.6 is 0 Å². The van der Waals surface area contributed by atoms with Gasteiger partial charge in [-0.15, -0.1) is 0 Å². The SMILES string of the molecule is CC1CCC(C(=O)NC2(C#N)CCCCCC2)O1. The van der Waals surface area contributed by atoms with Crippen LogP contribution in [-0.4, -0.2) is 23.7 Å². The first-order valence-corrected chi connectivity index (χ1v) is 7.04. The maximum atomic E-state index is 12.1. The molecule has 2 atom stereocenters. The summed E-state index contributed by atoms with van der Waals surface area (Å²) in [5.41, 5.74) is -0.650. The highest BCUT2D eigenvalue weighted by molar-refractivity contribution is 5.82. The Kier molecular flexibility index (Phi) is 4.23. The van der Waals surface area contributed by atoms with Crippen LogP contribution in [0.15, 0.2) is 0 Å². The third-order valence-electron chi connectivity index (χ3n) is 4.06. The number of rotatable bonds is 2. The van der Waals surface area contributed by atoms with E-state index in [1.165, 1.54) is 0 Å². The van der Waals surface area contributed by atoms with Crippen LogP contribution in [0.2, 0.25) is 0 Å². The summed E-state index contributed by atoms with van der Waals surface area (Å²) in [6.07, 6.45) is 7.43. The molecule has 1 N–H and O–H groups in total. The van der Waals surface area contributed by atoms with Crippen molar-refractivity contribution in [1.82, 2.24) is 5.32 Å². The third-order valence-corrected chi connectivity index (χ3v) is 4.06. The van der Waals surface area contributed by atoms with Crippen molar-refractivity contribution in [1.29, 1.82) is 5.26 Å². The monoisotopic (exact) mass is 250 g/mol. The molecule has 1 saturated carbocycles. The summed E-state index contributed by atoms with van der Waals surface area (Å²) in [5, 5.41) is 12.4. The van der Waals surface area contributed by atoms with Gasteiger partial charge >= 0.3 is 0 Å². The number of hydrogen-bond donors (Lipinski definition) is 1. The van der Waals surface area contributed by atoms with Crippen molar-refractivity contribution in [3.05, 3.63) is 0 Å². The van der Waals surface area contributed by atoms with E-state index in [0.717, 1.165) is 51.4 Å². The highest BCUT2D eigenvalue weighted by Gasteiger charge is 2.36. The fraction of sp³-hybridized carbons (Fsp3) is 0.857. The number of carbonyl (C=O) groups excluding carboxylic acids is 1. The van der Waals surface area contributed by atoms with Crippen molar-refractivity contribution in [3.8, 4) is 6.07 Å². The van der Waals surface area contributed by atoms with E-state index in [4.69, 9.17) is 4.74 Å². The molecule has 1 aliphatic carbocycles. The fourth-order valence-electron chi connectivity index (χ4n) is 2.91. The lowest BCUT2D eigenvalue weighted by molar-refractivity contribution is -0.133. The number of carbonyl (C=O) groups is 1. The van der Waals surface area contributed by atoms with Gasteiger partial charge in [0.2, 0.25) is 5.91 Å². The third kappa shape index (κ3) is 3.02. The van der Waals surface area contributed by atoms with Gasteiger partial charge in [-0.1, -0.05) is 25.7 Å². The Balaban J connectivity index is 1.97. The Labute approximate surface area is 109 Å². The van der Waals surface area contributed by atoms with Gasteiger partial charge in [0.25, 0.3) is 0 Å². The molecular weight excluding hydrogens is 228 g/mol. The van der Waals surface area contributed by atoms with Crippen LogP contribution in [0, 0.1) is 11.3 Å². The Hall–Kier alpha value is -1.08. The second kappa shape index (κ2) is 5.71. The maximum Gasteiger partial charge on any atom is 0.250 e. The first kappa shape index (κ1) is 13.4. The Bertz CT molecular complexity index is 340. The normalized spacial score (nSPS) is 31.3. The summed E-state index contributed by atoms with van der Waals surface area (Å²) in [5.74, 6) is -0.0946. The van der Waals surface area contributed by atoms with Crippen LogP contribution in [0.1, 0.15) is 58.3 Å². The molecule has 4 heteroatoms. The van der Waals surface area contributed by atoms with E-state index in [1.54, 1.807) is 0 Å². The molecule has 1 amide bonds. The van der Waals surface area contributed by atoms with Crippen LogP contribution in [0.5, 0.6) is 0 Å². The van der Waals surface area contributed by atoms with Gasteiger partial charge in [0.05, 0.1) is 12.2 Å². The van der Waals surface area contributed by atoms with Crippen LogP contribution < -0.4 is 5.32 Å². The zero-order valence-electron chi connectivity index (χ0n) is 11.1. The van der Waals surface area contributed by atoms with Crippen molar-refractivity contribution >= 4 is 5.91 Å². The minimum absolute atomic E-state index is 0.0946. The highest BCUT2D eigenvalue weighted by atomic mass is 16.5. The summed E-state index contributed by atoms with van der Waals surface area (Å²) >= 11 is 0. The van der Waals surface area contributed by atoms with Gasteiger partial charge in [0, 0.05) is 0 Å². The first-order valence-electron chi connectivity index (χ1n) is 7.04. The number of nitriles is 1. The molecule has 1 aliphatic heterocycles. The molecule has 2 aliphatic rings. The quantitative estimate of drug-likeness (QED) is 0.765. The largest absolute Gasteiger partial charge is 0.365 e. The summed E-state index contributed by atoms with van der Waals surface area (Å²) in [6, 6.07) is 2.34. The van der Waals surface area contributed by atoms with Crippen LogP contribution in [0.3, 0.4) is 0 Å². The summed E-state index contributed by atoms with van der Waals surface area (Å²) in [4.78, 5) is 12.1.